The SMILES string of the molecule is O=C(O)c1cccc2nnn(-c3cccc(I)c3)c12. The van der Waals surface area contributed by atoms with Crippen molar-refractivity contribution >= 4 is 39.6 Å². The standard InChI is InChI=1S/C13H8IN3O2/c14-8-3-1-4-9(7-8)17-12-10(13(18)19)5-2-6-11(12)15-16-17/h1-7H,(H,18,19). The number of fused-ring (bicyclic) bond motifs is 1. The molecule has 0 amide bonds. The van der Waals surface area contributed by atoms with E-state index in [0.717, 1.165) is 9.26 Å². The van der Waals surface area contributed by atoms with Crippen molar-refractivity contribution in [3.63, 3.8) is 0 Å². The molecular weight excluding hydrogens is 357 g/mol. The average molecular weight is 365 g/mol. The number of carboxylic acids is 1. The van der Waals surface area contributed by atoms with Gasteiger partial charge in [0.05, 0.1) is 11.3 Å². The molecule has 1 aromatic heterocycles. The highest BCUT2D eigenvalue weighted by molar-refractivity contribution is 14.1. The lowest BCUT2D eigenvalue weighted by molar-refractivity contribution is 0.0698. The van der Waals surface area contributed by atoms with E-state index in [2.05, 4.69) is 32.9 Å². The van der Waals surface area contributed by atoms with Crippen molar-refractivity contribution in [3.05, 3.63) is 51.6 Å². The molecule has 0 aliphatic heterocycles. The van der Waals surface area contributed by atoms with Gasteiger partial charge in [-0.25, -0.2) is 9.48 Å². The van der Waals surface area contributed by atoms with E-state index in [4.69, 9.17) is 0 Å². The number of hydrogen-bond donors (Lipinski definition) is 1. The van der Waals surface area contributed by atoms with Crippen molar-refractivity contribution in [1.29, 1.82) is 0 Å². The van der Waals surface area contributed by atoms with Gasteiger partial charge in [0.1, 0.15) is 11.0 Å². The predicted molar refractivity (Wildman–Crippen MR) is 78.5 cm³/mol. The largest absolute Gasteiger partial charge is 0.478 e. The summed E-state index contributed by atoms with van der Waals surface area (Å²) in [5.41, 5.74) is 2.07. The van der Waals surface area contributed by atoms with Crippen LogP contribution >= 0.6 is 22.6 Å². The van der Waals surface area contributed by atoms with Crippen LogP contribution in [0.15, 0.2) is 42.5 Å². The van der Waals surface area contributed by atoms with Crippen molar-refractivity contribution in [2.24, 2.45) is 0 Å². The molecule has 0 saturated heterocycles. The zero-order valence-corrected chi connectivity index (χ0v) is 11.8. The Labute approximate surface area is 122 Å². The maximum atomic E-state index is 11.3. The van der Waals surface area contributed by atoms with E-state index in [9.17, 15) is 9.90 Å². The van der Waals surface area contributed by atoms with Crippen molar-refractivity contribution in [2.45, 2.75) is 0 Å². The lowest BCUT2D eigenvalue weighted by Crippen LogP contribution is -2.03. The van der Waals surface area contributed by atoms with Crippen molar-refractivity contribution in [1.82, 2.24) is 15.0 Å². The normalized spacial score (nSPS) is 10.8. The topological polar surface area (TPSA) is 68.0 Å². The van der Waals surface area contributed by atoms with Crippen molar-refractivity contribution in [2.75, 3.05) is 0 Å². The summed E-state index contributed by atoms with van der Waals surface area (Å²) in [4.78, 5) is 11.3. The number of aromatic carboxylic acids is 1. The number of benzene rings is 2. The first-order valence-electron chi connectivity index (χ1n) is 5.50. The molecule has 0 radical (unpaired) electrons. The molecule has 1 N–H and O–H groups in total. The smallest absolute Gasteiger partial charge is 0.337 e. The van der Waals surface area contributed by atoms with Crippen LogP contribution in [0.5, 0.6) is 0 Å². The molecule has 0 aliphatic rings. The molecule has 0 saturated carbocycles. The minimum atomic E-state index is -0.986. The van der Waals surface area contributed by atoms with Crippen LogP contribution in [0.3, 0.4) is 0 Å². The monoisotopic (exact) mass is 365 g/mol. The summed E-state index contributed by atoms with van der Waals surface area (Å²) in [6.07, 6.45) is 0. The molecule has 0 fully saturated rings. The molecule has 0 aliphatic carbocycles. The van der Waals surface area contributed by atoms with Gasteiger partial charge in [0.25, 0.3) is 0 Å². The zero-order valence-electron chi connectivity index (χ0n) is 9.62. The van der Waals surface area contributed by atoms with E-state index >= 15 is 0 Å². The first-order chi connectivity index (χ1) is 9.16. The van der Waals surface area contributed by atoms with Crippen LogP contribution in [0.4, 0.5) is 0 Å². The molecular formula is C13H8IN3O2. The molecule has 0 atom stereocenters. The van der Waals surface area contributed by atoms with Crippen LogP contribution in [0, 0.1) is 3.57 Å². The highest BCUT2D eigenvalue weighted by Crippen LogP contribution is 2.21. The van der Waals surface area contributed by atoms with Crippen LogP contribution in [0.2, 0.25) is 0 Å². The van der Waals surface area contributed by atoms with Gasteiger partial charge >= 0.3 is 5.97 Å². The van der Waals surface area contributed by atoms with Crippen molar-refractivity contribution < 1.29 is 9.90 Å². The maximum Gasteiger partial charge on any atom is 0.337 e. The highest BCUT2D eigenvalue weighted by Gasteiger charge is 2.15. The summed E-state index contributed by atoms with van der Waals surface area (Å²) in [6.45, 7) is 0. The quantitative estimate of drug-likeness (QED) is 0.710. The first kappa shape index (κ1) is 12.1. The lowest BCUT2D eigenvalue weighted by atomic mass is 10.2. The zero-order chi connectivity index (χ0) is 13.4. The fourth-order valence-electron chi connectivity index (χ4n) is 1.93. The Morgan fingerprint density at radius 2 is 2.00 bits per heavy atom. The summed E-state index contributed by atoms with van der Waals surface area (Å²) in [7, 11) is 0. The molecule has 6 heteroatoms. The fraction of sp³-hybridized carbons (Fsp3) is 0. The molecule has 0 bridgehead atoms. The molecule has 3 aromatic rings. The van der Waals surface area contributed by atoms with Gasteiger partial charge in [-0.2, -0.15) is 0 Å². The van der Waals surface area contributed by atoms with Crippen LogP contribution in [0.1, 0.15) is 10.4 Å². The molecule has 2 aromatic carbocycles. The highest BCUT2D eigenvalue weighted by atomic mass is 127. The van der Waals surface area contributed by atoms with Gasteiger partial charge in [-0.15, -0.1) is 5.10 Å². The van der Waals surface area contributed by atoms with E-state index in [-0.39, 0.29) is 5.56 Å². The Balaban J connectivity index is 2.33. The van der Waals surface area contributed by atoms with Gasteiger partial charge in [0, 0.05) is 3.57 Å². The second kappa shape index (κ2) is 4.61. The number of hydrogen-bond acceptors (Lipinski definition) is 3. The molecule has 5 nitrogen and oxygen atoms in total. The number of nitrogens with zero attached hydrogens (tertiary/aromatic N) is 3. The predicted octanol–water partition coefficient (Wildman–Crippen LogP) is 2.72. The third-order valence-electron chi connectivity index (χ3n) is 2.75. The summed E-state index contributed by atoms with van der Waals surface area (Å²) in [5, 5.41) is 17.3. The fourth-order valence-corrected chi connectivity index (χ4v) is 2.46. The Hall–Kier alpha value is -1.96. The maximum absolute atomic E-state index is 11.3. The van der Waals surface area contributed by atoms with Crippen LogP contribution in [-0.2, 0) is 0 Å². The van der Waals surface area contributed by atoms with E-state index < -0.39 is 5.97 Å². The van der Waals surface area contributed by atoms with E-state index in [0.29, 0.717) is 11.0 Å². The second-order valence-electron chi connectivity index (χ2n) is 3.96. The van der Waals surface area contributed by atoms with E-state index in [1.807, 2.05) is 24.3 Å². The molecule has 1 heterocycles. The number of aromatic nitrogens is 3. The van der Waals surface area contributed by atoms with Gasteiger partial charge < -0.3 is 5.11 Å². The molecule has 0 spiro atoms. The minimum absolute atomic E-state index is 0.196. The molecule has 3 rings (SSSR count). The van der Waals surface area contributed by atoms with Gasteiger partial charge in [0.15, 0.2) is 0 Å². The van der Waals surface area contributed by atoms with Gasteiger partial charge in [0.2, 0.25) is 0 Å². The minimum Gasteiger partial charge on any atom is -0.478 e. The van der Waals surface area contributed by atoms with E-state index in [1.54, 1.807) is 22.9 Å². The molecule has 0 unspecified atom stereocenters. The van der Waals surface area contributed by atoms with Gasteiger partial charge in [-0.05, 0) is 52.9 Å². The molecule has 94 valence electrons. The third kappa shape index (κ3) is 2.07. The lowest BCUT2D eigenvalue weighted by Gasteiger charge is -2.04. The average Bonchev–Trinajstić information content (AvgIpc) is 2.82. The summed E-state index contributed by atoms with van der Waals surface area (Å²) >= 11 is 2.20. The van der Waals surface area contributed by atoms with Crippen LogP contribution in [0.25, 0.3) is 16.7 Å². The van der Waals surface area contributed by atoms with Crippen molar-refractivity contribution in [3.8, 4) is 5.69 Å². The van der Waals surface area contributed by atoms with Gasteiger partial charge in [-0.1, -0.05) is 17.3 Å². The summed E-state index contributed by atoms with van der Waals surface area (Å²) in [6, 6.07) is 12.6. The number of carboxylic acid groups (broad SMARTS) is 1. The number of para-hydroxylation sites is 1. The number of rotatable bonds is 2. The molecule has 19 heavy (non-hydrogen) atoms. The third-order valence-corrected chi connectivity index (χ3v) is 3.42. The van der Waals surface area contributed by atoms with Gasteiger partial charge in [-0.3, -0.25) is 0 Å². The number of carbonyl (C=O) groups is 1. The van der Waals surface area contributed by atoms with Crippen LogP contribution in [-0.4, -0.2) is 26.1 Å². The Bertz CT molecular complexity index is 782. The second-order valence-corrected chi connectivity index (χ2v) is 5.21. The van der Waals surface area contributed by atoms with Crippen LogP contribution < -0.4 is 0 Å². The Morgan fingerprint density at radius 3 is 2.74 bits per heavy atom. The summed E-state index contributed by atoms with van der Waals surface area (Å²) in [5.74, 6) is -0.986. The first-order valence-corrected chi connectivity index (χ1v) is 6.58. The Morgan fingerprint density at radius 1 is 1.21 bits per heavy atom. The number of halogens is 1. The summed E-state index contributed by atoms with van der Waals surface area (Å²) < 4.78 is 2.60. The Kier molecular flexibility index (Phi) is 2.94. The van der Waals surface area contributed by atoms with E-state index in [1.165, 1.54) is 0 Å².